The Morgan fingerprint density at radius 3 is 2.20 bits per heavy atom. The molecule has 0 radical (unpaired) electrons. The van der Waals surface area contributed by atoms with Crippen molar-refractivity contribution in [3.63, 3.8) is 0 Å². The third-order valence-electron chi connectivity index (χ3n) is 5.80. The highest BCUT2D eigenvalue weighted by Crippen LogP contribution is 2.26. The SMILES string of the molecule is Cn1ccc(/C=C/C(=O)N2CC3=C(C2)CN(C(=O)CCc2ccc(CO)cc2)C3)c1. The van der Waals surface area contributed by atoms with Gasteiger partial charge >= 0.3 is 0 Å². The molecule has 0 unspecified atom stereocenters. The van der Waals surface area contributed by atoms with Crippen molar-refractivity contribution in [2.75, 3.05) is 26.2 Å². The average molecular weight is 405 g/mol. The Morgan fingerprint density at radius 1 is 0.967 bits per heavy atom. The zero-order chi connectivity index (χ0) is 21.1. The number of rotatable bonds is 6. The van der Waals surface area contributed by atoms with Crippen molar-refractivity contribution >= 4 is 17.9 Å². The number of hydrogen-bond acceptors (Lipinski definition) is 3. The number of nitrogens with zero attached hydrogens (tertiary/aromatic N) is 3. The second-order valence-corrected chi connectivity index (χ2v) is 8.07. The minimum atomic E-state index is 0.0115. The van der Waals surface area contributed by atoms with Gasteiger partial charge in [-0.3, -0.25) is 9.59 Å². The van der Waals surface area contributed by atoms with Crippen LogP contribution < -0.4 is 0 Å². The largest absolute Gasteiger partial charge is 0.392 e. The van der Waals surface area contributed by atoms with E-state index in [1.807, 2.05) is 70.2 Å². The molecule has 156 valence electrons. The predicted octanol–water partition coefficient (Wildman–Crippen LogP) is 2.14. The van der Waals surface area contributed by atoms with Gasteiger partial charge in [-0.25, -0.2) is 0 Å². The van der Waals surface area contributed by atoms with Crippen molar-refractivity contribution in [1.29, 1.82) is 0 Å². The quantitative estimate of drug-likeness (QED) is 0.592. The van der Waals surface area contributed by atoms with E-state index in [0.717, 1.165) is 16.7 Å². The Hall–Kier alpha value is -3.12. The third kappa shape index (κ3) is 4.54. The summed E-state index contributed by atoms with van der Waals surface area (Å²) in [5.74, 6) is 0.162. The van der Waals surface area contributed by atoms with Crippen LogP contribution >= 0.6 is 0 Å². The third-order valence-corrected chi connectivity index (χ3v) is 5.80. The summed E-state index contributed by atoms with van der Waals surface area (Å²) in [4.78, 5) is 28.8. The van der Waals surface area contributed by atoms with Gasteiger partial charge in [-0.15, -0.1) is 0 Å². The molecule has 2 amide bonds. The first-order valence-corrected chi connectivity index (χ1v) is 10.3. The fraction of sp³-hybridized carbons (Fsp3) is 0.333. The van der Waals surface area contributed by atoms with Gasteiger partial charge in [0.2, 0.25) is 11.8 Å². The first-order valence-electron chi connectivity index (χ1n) is 10.3. The van der Waals surface area contributed by atoms with Gasteiger partial charge in [-0.2, -0.15) is 0 Å². The molecular formula is C24H27N3O3. The van der Waals surface area contributed by atoms with Crippen LogP contribution in [0.25, 0.3) is 6.08 Å². The van der Waals surface area contributed by atoms with Crippen molar-refractivity contribution in [1.82, 2.24) is 14.4 Å². The highest BCUT2D eigenvalue weighted by atomic mass is 16.3. The lowest BCUT2D eigenvalue weighted by atomic mass is 10.1. The number of aliphatic hydroxyl groups is 1. The summed E-state index contributed by atoms with van der Waals surface area (Å²) in [6, 6.07) is 9.69. The summed E-state index contributed by atoms with van der Waals surface area (Å²) < 4.78 is 1.95. The first kappa shape index (κ1) is 20.2. The van der Waals surface area contributed by atoms with E-state index in [-0.39, 0.29) is 18.4 Å². The van der Waals surface area contributed by atoms with Gasteiger partial charge in [0.15, 0.2) is 0 Å². The van der Waals surface area contributed by atoms with Crippen molar-refractivity contribution in [2.45, 2.75) is 19.4 Å². The Labute approximate surface area is 176 Å². The van der Waals surface area contributed by atoms with Crippen LogP contribution in [0.4, 0.5) is 0 Å². The van der Waals surface area contributed by atoms with Crippen LogP contribution in [0.5, 0.6) is 0 Å². The van der Waals surface area contributed by atoms with Crippen LogP contribution in [-0.4, -0.2) is 57.5 Å². The Balaban J connectivity index is 1.24. The number of benzene rings is 1. The van der Waals surface area contributed by atoms with Crippen molar-refractivity contribution in [3.8, 4) is 0 Å². The van der Waals surface area contributed by atoms with Crippen LogP contribution in [0.3, 0.4) is 0 Å². The van der Waals surface area contributed by atoms with Gasteiger partial charge in [-0.05, 0) is 46.4 Å². The van der Waals surface area contributed by atoms with Gasteiger partial charge < -0.3 is 19.5 Å². The molecule has 3 heterocycles. The molecule has 30 heavy (non-hydrogen) atoms. The van der Waals surface area contributed by atoms with Gasteiger partial charge in [-0.1, -0.05) is 24.3 Å². The van der Waals surface area contributed by atoms with Gasteiger partial charge in [0.1, 0.15) is 0 Å². The molecule has 0 saturated carbocycles. The molecule has 2 aromatic rings. The second-order valence-electron chi connectivity index (χ2n) is 8.07. The highest BCUT2D eigenvalue weighted by Gasteiger charge is 2.33. The Kier molecular flexibility index (Phi) is 5.86. The zero-order valence-electron chi connectivity index (χ0n) is 17.3. The van der Waals surface area contributed by atoms with Crippen LogP contribution in [-0.2, 0) is 29.7 Å². The fourth-order valence-corrected chi connectivity index (χ4v) is 4.03. The first-order chi connectivity index (χ1) is 14.5. The lowest BCUT2D eigenvalue weighted by Crippen LogP contribution is -2.35. The number of aryl methyl sites for hydroxylation is 2. The predicted molar refractivity (Wildman–Crippen MR) is 115 cm³/mol. The maximum Gasteiger partial charge on any atom is 0.247 e. The second kappa shape index (κ2) is 8.71. The van der Waals surface area contributed by atoms with Crippen LogP contribution in [0.2, 0.25) is 0 Å². The molecular weight excluding hydrogens is 378 g/mol. The van der Waals surface area contributed by atoms with Gasteiger partial charge in [0.25, 0.3) is 0 Å². The monoisotopic (exact) mass is 405 g/mol. The summed E-state index contributed by atoms with van der Waals surface area (Å²) in [5, 5.41) is 9.11. The normalized spacial score (nSPS) is 16.1. The summed E-state index contributed by atoms with van der Waals surface area (Å²) in [7, 11) is 1.95. The smallest absolute Gasteiger partial charge is 0.247 e. The maximum absolute atomic E-state index is 12.6. The Bertz CT molecular complexity index is 983. The van der Waals surface area contributed by atoms with E-state index >= 15 is 0 Å². The number of carbonyl (C=O) groups excluding carboxylic acids is 2. The van der Waals surface area contributed by atoms with Gasteiger partial charge in [0.05, 0.1) is 6.61 Å². The number of aliphatic hydroxyl groups excluding tert-OH is 1. The number of amides is 2. The fourth-order valence-electron chi connectivity index (χ4n) is 4.03. The lowest BCUT2D eigenvalue weighted by Gasteiger charge is -2.22. The number of carbonyl (C=O) groups is 2. The van der Waals surface area contributed by atoms with E-state index in [9.17, 15) is 9.59 Å². The molecule has 0 atom stereocenters. The Morgan fingerprint density at radius 2 is 1.60 bits per heavy atom. The lowest BCUT2D eigenvalue weighted by molar-refractivity contribution is -0.130. The number of hydrogen-bond donors (Lipinski definition) is 1. The summed E-state index contributed by atoms with van der Waals surface area (Å²) in [6.45, 7) is 2.51. The van der Waals surface area contributed by atoms with Crippen molar-refractivity contribution in [3.05, 3.63) is 76.6 Å². The zero-order valence-corrected chi connectivity index (χ0v) is 17.3. The van der Waals surface area contributed by atoms with E-state index in [0.29, 0.717) is 39.0 Å². The van der Waals surface area contributed by atoms with E-state index in [1.165, 1.54) is 11.1 Å². The molecule has 0 bridgehead atoms. The molecule has 0 spiro atoms. The molecule has 0 saturated heterocycles. The van der Waals surface area contributed by atoms with E-state index in [1.54, 1.807) is 6.08 Å². The molecule has 6 heteroatoms. The van der Waals surface area contributed by atoms with Gasteiger partial charge in [0, 0.05) is 58.1 Å². The molecule has 0 aliphatic carbocycles. The molecule has 2 aliphatic rings. The summed E-state index contributed by atoms with van der Waals surface area (Å²) in [5.41, 5.74) is 5.40. The molecule has 1 N–H and O–H groups in total. The van der Waals surface area contributed by atoms with Crippen LogP contribution in [0, 0.1) is 0 Å². The molecule has 4 rings (SSSR count). The van der Waals surface area contributed by atoms with Crippen LogP contribution in [0.15, 0.2) is 59.9 Å². The molecule has 6 nitrogen and oxygen atoms in total. The van der Waals surface area contributed by atoms with Crippen molar-refractivity contribution < 1.29 is 14.7 Å². The van der Waals surface area contributed by atoms with Crippen molar-refractivity contribution in [2.24, 2.45) is 7.05 Å². The standard InChI is InChI=1S/C24H27N3O3/c1-25-11-10-19(12-25)7-9-24(30)27-15-21-13-26(14-22(21)16-27)23(29)8-6-18-2-4-20(17-28)5-3-18/h2-5,7,9-12,28H,6,8,13-17H2,1H3/b9-7+. The van der Waals surface area contributed by atoms with E-state index in [2.05, 4.69) is 0 Å². The minimum absolute atomic E-state index is 0.0115. The molecule has 1 aromatic carbocycles. The maximum atomic E-state index is 12.6. The molecule has 0 fully saturated rings. The molecule has 2 aliphatic heterocycles. The molecule has 1 aromatic heterocycles. The minimum Gasteiger partial charge on any atom is -0.392 e. The van der Waals surface area contributed by atoms with Crippen LogP contribution in [0.1, 0.15) is 23.1 Å². The van der Waals surface area contributed by atoms with E-state index in [4.69, 9.17) is 5.11 Å². The summed E-state index contributed by atoms with van der Waals surface area (Å²) in [6.07, 6.45) is 8.56. The number of aromatic nitrogens is 1. The summed E-state index contributed by atoms with van der Waals surface area (Å²) >= 11 is 0. The topological polar surface area (TPSA) is 65.8 Å². The highest BCUT2D eigenvalue weighted by molar-refractivity contribution is 5.92. The van der Waals surface area contributed by atoms with E-state index < -0.39 is 0 Å². The average Bonchev–Trinajstić information content (AvgIpc) is 3.45.